The normalized spacial score (nSPS) is 20.7. The molecule has 4 aliphatic heterocycles. The number of sulfonamides is 2. The molecule has 10 nitrogen and oxygen atoms in total. The number of rotatable bonds is 0. The highest BCUT2D eigenvalue weighted by atomic mass is 32.2. The maximum Gasteiger partial charge on any atom is 0.301 e. The predicted octanol–water partition coefficient (Wildman–Crippen LogP) is 2.34. The molecule has 24 heavy (non-hydrogen) atoms. The van der Waals surface area contributed by atoms with Crippen molar-refractivity contribution in [3.8, 4) is 0 Å². The lowest BCUT2D eigenvalue weighted by Crippen LogP contribution is -2.00. The average Bonchev–Trinajstić information content (AvgIpc) is 2.55. The molecule has 0 radical (unpaired) electrons. The molecule has 6 rings (SSSR count). The van der Waals surface area contributed by atoms with Gasteiger partial charge in [0, 0.05) is 0 Å². The van der Waals surface area contributed by atoms with E-state index in [0.717, 1.165) is 0 Å². The van der Waals surface area contributed by atoms with E-state index in [1.807, 2.05) is 0 Å². The van der Waals surface area contributed by atoms with Gasteiger partial charge in [0.2, 0.25) is 0 Å². The van der Waals surface area contributed by atoms with Crippen LogP contribution in [0.2, 0.25) is 0 Å². The van der Waals surface area contributed by atoms with Gasteiger partial charge in [-0.3, -0.25) is 10.9 Å². The van der Waals surface area contributed by atoms with E-state index in [1.54, 1.807) is 0 Å². The van der Waals surface area contributed by atoms with Gasteiger partial charge >= 0.3 is 20.0 Å². The molecule has 0 saturated heterocycles. The fourth-order valence-corrected chi connectivity index (χ4v) is 3.21. The average molecular weight is 366 g/mol. The van der Waals surface area contributed by atoms with Crippen LogP contribution < -0.4 is 10.9 Å². The fourth-order valence-electron chi connectivity index (χ4n) is 1.76. The van der Waals surface area contributed by atoms with E-state index >= 15 is 0 Å². The van der Waals surface area contributed by atoms with Crippen molar-refractivity contribution in [2.75, 3.05) is 10.9 Å². The fraction of sp³-hybridized carbons (Fsp3) is 0. The largest absolute Gasteiger partial charge is 0.301 e. The Morgan fingerprint density at radius 3 is 1.25 bits per heavy atom. The minimum Gasteiger partial charge on any atom is -0.259 e. The number of nitrogens with one attached hydrogen (secondary N) is 2. The molecule has 2 N–H and O–H groups in total. The quantitative estimate of drug-likeness (QED) is 0.733. The Kier molecular flexibility index (Phi) is 3.99. The molecular formula is C12H10N6O4S2. The zero-order valence-electron chi connectivity index (χ0n) is 11.9. The second-order valence-corrected chi connectivity index (χ2v) is 7.76. The SMILES string of the molecule is O=S1(=O)/N=N\Nc2ccc(cc2)S(=O)(=O)/N=N\Nc2ccc1cc2. The summed E-state index contributed by atoms with van der Waals surface area (Å²) < 4.78 is 54.5. The summed E-state index contributed by atoms with van der Waals surface area (Å²) in [7, 11) is -7.91. The van der Waals surface area contributed by atoms with Crippen LogP contribution in [0.4, 0.5) is 11.4 Å². The van der Waals surface area contributed by atoms with Gasteiger partial charge in [-0.25, -0.2) is 0 Å². The smallest absolute Gasteiger partial charge is 0.259 e. The first-order valence-corrected chi connectivity index (χ1v) is 9.31. The summed E-state index contributed by atoms with van der Waals surface area (Å²) in [5.74, 6) is 0. The van der Waals surface area contributed by atoms with Crippen LogP contribution in [0.15, 0.2) is 77.8 Å². The molecule has 0 saturated carbocycles. The maximum atomic E-state index is 12.0. The molecule has 0 spiro atoms. The second-order valence-electron chi connectivity index (χ2n) is 4.59. The lowest BCUT2D eigenvalue weighted by Gasteiger charge is -2.04. The Hall–Kier alpha value is -2.86. The van der Waals surface area contributed by atoms with Crippen LogP contribution in [0.25, 0.3) is 0 Å². The third-order valence-electron chi connectivity index (χ3n) is 2.96. The molecule has 0 atom stereocenters. The molecule has 12 heteroatoms. The molecule has 4 bridgehead atoms. The van der Waals surface area contributed by atoms with Gasteiger partial charge in [0.15, 0.2) is 0 Å². The van der Waals surface area contributed by atoms with E-state index < -0.39 is 20.0 Å². The van der Waals surface area contributed by atoms with Crippen molar-refractivity contribution in [3.05, 3.63) is 48.5 Å². The van der Waals surface area contributed by atoms with E-state index in [-0.39, 0.29) is 9.79 Å². The Labute approximate surface area is 137 Å². The summed E-state index contributed by atoms with van der Waals surface area (Å²) >= 11 is 0. The molecule has 0 fully saturated rings. The van der Waals surface area contributed by atoms with E-state index in [0.29, 0.717) is 11.4 Å². The van der Waals surface area contributed by atoms with E-state index in [4.69, 9.17) is 0 Å². The van der Waals surface area contributed by atoms with Crippen LogP contribution in [0, 0.1) is 0 Å². The Morgan fingerprint density at radius 1 is 0.583 bits per heavy atom. The third-order valence-corrected chi connectivity index (χ3v) is 5.29. The number of hydrogen-bond donors (Lipinski definition) is 2. The van der Waals surface area contributed by atoms with E-state index in [1.165, 1.54) is 48.5 Å². The maximum absolute atomic E-state index is 12.0. The summed E-state index contributed by atoms with van der Waals surface area (Å²) in [5, 5.41) is 6.84. The van der Waals surface area contributed by atoms with E-state index in [2.05, 4.69) is 30.3 Å². The lowest BCUT2D eigenvalue weighted by atomic mass is 10.3. The van der Waals surface area contributed by atoms with Crippen LogP contribution in [-0.2, 0) is 20.0 Å². The standard InChI is InChI=1S/C12H10N6O4S2/c19-23(20)11-5-1-9(2-6-11)13-15-17-24(21,22)12-7-3-10(4-8-12)14-16-18-23/h1-8H,(H,13,17)(H,14,18). The van der Waals surface area contributed by atoms with Crippen LogP contribution in [0.5, 0.6) is 0 Å². The molecule has 0 aromatic heterocycles. The molecule has 0 amide bonds. The van der Waals surface area contributed by atoms with Crippen molar-refractivity contribution in [1.29, 1.82) is 0 Å². The number of benzene rings is 2. The van der Waals surface area contributed by atoms with Crippen molar-refractivity contribution in [1.82, 2.24) is 0 Å². The molecule has 2 aromatic rings. The number of nitrogens with zero attached hydrogens (tertiary/aromatic N) is 4. The van der Waals surface area contributed by atoms with Gasteiger partial charge in [-0.2, -0.15) is 16.8 Å². The summed E-state index contributed by atoms with van der Waals surface area (Å²) in [4.78, 5) is -0.156. The van der Waals surface area contributed by atoms with Crippen LogP contribution >= 0.6 is 0 Å². The van der Waals surface area contributed by atoms with E-state index in [9.17, 15) is 16.8 Å². The van der Waals surface area contributed by atoms with Crippen LogP contribution in [-0.4, -0.2) is 16.8 Å². The van der Waals surface area contributed by atoms with Gasteiger partial charge in [0.1, 0.15) is 0 Å². The van der Waals surface area contributed by atoms with Gasteiger partial charge in [0.25, 0.3) is 0 Å². The lowest BCUT2D eigenvalue weighted by molar-refractivity contribution is 0.594. The van der Waals surface area contributed by atoms with Gasteiger partial charge in [0.05, 0.1) is 21.2 Å². The summed E-state index contributed by atoms with van der Waals surface area (Å²) in [6.07, 6.45) is 0. The highest BCUT2D eigenvalue weighted by molar-refractivity contribution is 7.90. The molecule has 4 heterocycles. The number of anilines is 2. The van der Waals surface area contributed by atoms with Gasteiger partial charge in [-0.05, 0) is 57.6 Å². The minimum absolute atomic E-state index is 0.0781. The summed E-state index contributed by atoms with van der Waals surface area (Å²) in [5.41, 5.74) is 5.53. The Morgan fingerprint density at radius 2 is 0.917 bits per heavy atom. The van der Waals surface area contributed by atoms with Crippen LogP contribution in [0.3, 0.4) is 0 Å². The molecule has 2 aromatic carbocycles. The van der Waals surface area contributed by atoms with Gasteiger partial charge in [-0.15, -0.1) is 0 Å². The zero-order valence-corrected chi connectivity index (χ0v) is 13.5. The van der Waals surface area contributed by atoms with Crippen molar-refractivity contribution in [3.63, 3.8) is 0 Å². The topological polar surface area (TPSA) is 142 Å². The second kappa shape index (κ2) is 5.98. The molecular weight excluding hydrogens is 356 g/mol. The van der Waals surface area contributed by atoms with Crippen molar-refractivity contribution in [2.24, 2.45) is 19.5 Å². The summed E-state index contributed by atoms with van der Waals surface area (Å²) in [6, 6.07) is 10.7. The van der Waals surface area contributed by atoms with Gasteiger partial charge < -0.3 is 0 Å². The predicted molar refractivity (Wildman–Crippen MR) is 84.2 cm³/mol. The Bertz CT molecular complexity index is 927. The zero-order chi connectivity index (χ0) is 17.2. The van der Waals surface area contributed by atoms with Crippen molar-refractivity contribution < 1.29 is 16.8 Å². The van der Waals surface area contributed by atoms with Crippen molar-refractivity contribution in [2.45, 2.75) is 9.79 Å². The van der Waals surface area contributed by atoms with Crippen LogP contribution in [0.1, 0.15) is 0 Å². The molecule has 124 valence electrons. The highest BCUT2D eigenvalue weighted by Gasteiger charge is 2.15. The Balaban J connectivity index is 2.07. The monoisotopic (exact) mass is 366 g/mol. The van der Waals surface area contributed by atoms with Crippen molar-refractivity contribution >= 4 is 31.4 Å². The minimum atomic E-state index is -3.96. The molecule has 4 aliphatic rings. The molecule has 0 unspecified atom stereocenters. The first-order chi connectivity index (χ1) is 11.4. The highest BCUT2D eigenvalue weighted by Crippen LogP contribution is 2.20. The summed E-state index contributed by atoms with van der Waals surface area (Å²) in [6.45, 7) is 0. The number of hydrogen-bond acceptors (Lipinski definition) is 8. The molecule has 0 aliphatic carbocycles. The first-order valence-electron chi connectivity index (χ1n) is 6.43. The van der Waals surface area contributed by atoms with Gasteiger partial charge in [-0.1, -0.05) is 10.4 Å². The third kappa shape index (κ3) is 3.38. The first kappa shape index (κ1) is 16.0.